The van der Waals surface area contributed by atoms with Crippen molar-refractivity contribution >= 4 is 17.5 Å². The van der Waals surface area contributed by atoms with Gasteiger partial charge < -0.3 is 10.6 Å². The van der Waals surface area contributed by atoms with Crippen LogP contribution in [0.2, 0.25) is 5.02 Å². The zero-order chi connectivity index (χ0) is 16.9. The third-order valence-electron chi connectivity index (χ3n) is 4.39. The molecule has 0 spiro atoms. The van der Waals surface area contributed by atoms with Crippen LogP contribution in [0, 0.1) is 0 Å². The minimum absolute atomic E-state index is 0.0523. The summed E-state index contributed by atoms with van der Waals surface area (Å²) in [4.78, 5) is 14.3. The van der Waals surface area contributed by atoms with Gasteiger partial charge in [-0.1, -0.05) is 35.9 Å². The van der Waals surface area contributed by atoms with Crippen LogP contribution in [0.15, 0.2) is 48.5 Å². The second-order valence-corrected chi connectivity index (χ2v) is 6.46. The van der Waals surface area contributed by atoms with E-state index in [4.69, 9.17) is 11.6 Å². The summed E-state index contributed by atoms with van der Waals surface area (Å²) in [6, 6.07) is 16.2. The predicted octanol–water partition coefficient (Wildman–Crippen LogP) is 2.85. The Bertz CT molecular complexity index is 719. The molecule has 0 aromatic heterocycles. The molecule has 1 unspecified atom stereocenters. The molecule has 0 radical (unpaired) electrons. The van der Waals surface area contributed by atoms with Gasteiger partial charge in [0.25, 0.3) is 5.91 Å². The monoisotopic (exact) mass is 343 g/mol. The third-order valence-corrected chi connectivity index (χ3v) is 4.62. The molecule has 2 N–H and O–H groups in total. The quantitative estimate of drug-likeness (QED) is 0.897. The number of nitrogens with one attached hydrogen (secondary N) is 2. The van der Waals surface area contributed by atoms with E-state index in [1.807, 2.05) is 36.4 Å². The van der Waals surface area contributed by atoms with E-state index in [-0.39, 0.29) is 11.9 Å². The number of amides is 1. The van der Waals surface area contributed by atoms with Gasteiger partial charge in [-0.25, -0.2) is 0 Å². The van der Waals surface area contributed by atoms with Crippen LogP contribution >= 0.6 is 11.6 Å². The summed E-state index contributed by atoms with van der Waals surface area (Å²) in [6.45, 7) is 3.63. The largest absolute Gasteiger partial charge is 0.355 e. The normalized spacial score (nSPS) is 18.3. The van der Waals surface area contributed by atoms with Crippen LogP contribution < -0.4 is 10.6 Å². The van der Waals surface area contributed by atoms with Crippen LogP contribution in [0.25, 0.3) is 0 Å². The van der Waals surface area contributed by atoms with Gasteiger partial charge in [0, 0.05) is 49.9 Å². The summed E-state index contributed by atoms with van der Waals surface area (Å²) in [5.74, 6) is -0.0523. The Labute approximate surface area is 147 Å². The lowest BCUT2D eigenvalue weighted by Gasteiger charge is -2.36. The van der Waals surface area contributed by atoms with Crippen molar-refractivity contribution < 1.29 is 4.79 Å². The molecular weight excluding hydrogens is 322 g/mol. The highest BCUT2D eigenvalue weighted by Gasteiger charge is 2.24. The molecule has 2 aromatic rings. The molecule has 0 bridgehead atoms. The highest BCUT2D eigenvalue weighted by atomic mass is 35.5. The molecule has 0 saturated carbocycles. The second-order valence-electron chi connectivity index (χ2n) is 6.02. The number of rotatable bonds is 4. The van der Waals surface area contributed by atoms with Crippen molar-refractivity contribution in [3.05, 3.63) is 70.2 Å². The Balaban J connectivity index is 1.80. The van der Waals surface area contributed by atoms with E-state index in [0.717, 1.165) is 36.8 Å². The third kappa shape index (κ3) is 3.96. The molecule has 1 amide bonds. The first kappa shape index (κ1) is 17.0. The SMILES string of the molecule is CNC(=O)c1cccc(CN2CCNCC2c2cccc(Cl)c2)c1. The average Bonchev–Trinajstić information content (AvgIpc) is 2.62. The zero-order valence-corrected chi connectivity index (χ0v) is 14.5. The molecule has 1 aliphatic rings. The number of piperazine rings is 1. The van der Waals surface area contributed by atoms with E-state index in [0.29, 0.717) is 5.56 Å². The lowest BCUT2D eigenvalue weighted by Crippen LogP contribution is -2.45. The number of carbonyl (C=O) groups is 1. The highest BCUT2D eigenvalue weighted by Crippen LogP contribution is 2.26. The summed E-state index contributed by atoms with van der Waals surface area (Å²) < 4.78 is 0. The van der Waals surface area contributed by atoms with Crippen LogP contribution in [-0.4, -0.2) is 37.5 Å². The summed E-state index contributed by atoms with van der Waals surface area (Å²) in [6.07, 6.45) is 0. The van der Waals surface area contributed by atoms with Gasteiger partial charge in [0.15, 0.2) is 0 Å². The molecule has 126 valence electrons. The van der Waals surface area contributed by atoms with Gasteiger partial charge in [0.1, 0.15) is 0 Å². The van der Waals surface area contributed by atoms with Crippen LogP contribution in [0.1, 0.15) is 27.5 Å². The molecule has 2 aromatic carbocycles. The number of halogens is 1. The fourth-order valence-electron chi connectivity index (χ4n) is 3.17. The van der Waals surface area contributed by atoms with Crippen molar-refractivity contribution in [1.29, 1.82) is 0 Å². The lowest BCUT2D eigenvalue weighted by molar-refractivity contribution is 0.0962. The molecular formula is C19H22ClN3O. The number of benzene rings is 2. The fourth-order valence-corrected chi connectivity index (χ4v) is 3.37. The predicted molar refractivity (Wildman–Crippen MR) is 97.3 cm³/mol. The van der Waals surface area contributed by atoms with Gasteiger partial charge in [-0.15, -0.1) is 0 Å². The average molecular weight is 344 g/mol. The molecule has 1 aliphatic heterocycles. The Morgan fingerprint density at radius 3 is 2.92 bits per heavy atom. The molecule has 4 nitrogen and oxygen atoms in total. The van der Waals surface area contributed by atoms with E-state index in [1.54, 1.807) is 7.05 Å². The molecule has 1 saturated heterocycles. The molecule has 1 fully saturated rings. The molecule has 1 heterocycles. The maximum absolute atomic E-state index is 11.8. The highest BCUT2D eigenvalue weighted by molar-refractivity contribution is 6.30. The second kappa shape index (κ2) is 7.79. The first-order chi connectivity index (χ1) is 11.7. The van der Waals surface area contributed by atoms with Crippen LogP contribution in [0.3, 0.4) is 0 Å². The van der Waals surface area contributed by atoms with Crippen molar-refractivity contribution in [2.24, 2.45) is 0 Å². The lowest BCUT2D eigenvalue weighted by atomic mass is 10.0. The van der Waals surface area contributed by atoms with Gasteiger partial charge in [0.2, 0.25) is 0 Å². The maximum Gasteiger partial charge on any atom is 0.251 e. The Kier molecular flexibility index (Phi) is 5.51. The van der Waals surface area contributed by atoms with E-state index >= 15 is 0 Å². The molecule has 3 rings (SSSR count). The number of carbonyl (C=O) groups excluding carboxylic acids is 1. The van der Waals surface area contributed by atoms with Crippen LogP contribution in [-0.2, 0) is 6.54 Å². The van der Waals surface area contributed by atoms with Gasteiger partial charge in [-0.05, 0) is 35.4 Å². The maximum atomic E-state index is 11.8. The van der Waals surface area contributed by atoms with Gasteiger partial charge >= 0.3 is 0 Å². The Morgan fingerprint density at radius 2 is 2.12 bits per heavy atom. The molecule has 0 aliphatic carbocycles. The van der Waals surface area contributed by atoms with Gasteiger partial charge in [-0.3, -0.25) is 9.69 Å². The van der Waals surface area contributed by atoms with Crippen molar-refractivity contribution in [2.75, 3.05) is 26.7 Å². The van der Waals surface area contributed by atoms with Crippen LogP contribution in [0.4, 0.5) is 0 Å². The number of nitrogens with zero attached hydrogens (tertiary/aromatic N) is 1. The fraction of sp³-hybridized carbons (Fsp3) is 0.316. The summed E-state index contributed by atoms with van der Waals surface area (Å²) in [5.41, 5.74) is 3.06. The standard InChI is InChI=1S/C19H22ClN3O/c1-21-19(24)16-6-2-4-14(10-16)13-23-9-8-22-12-18(23)15-5-3-7-17(20)11-15/h2-7,10-11,18,22H,8-9,12-13H2,1H3,(H,21,24). The summed E-state index contributed by atoms with van der Waals surface area (Å²) in [5, 5.41) is 6.90. The molecule has 1 atom stereocenters. The molecule has 5 heteroatoms. The van der Waals surface area contributed by atoms with E-state index in [9.17, 15) is 4.79 Å². The minimum atomic E-state index is -0.0523. The number of hydrogen-bond donors (Lipinski definition) is 2. The number of hydrogen-bond acceptors (Lipinski definition) is 3. The van der Waals surface area contributed by atoms with Crippen molar-refractivity contribution in [1.82, 2.24) is 15.5 Å². The van der Waals surface area contributed by atoms with E-state index in [2.05, 4.69) is 27.7 Å². The summed E-state index contributed by atoms with van der Waals surface area (Å²) >= 11 is 6.16. The van der Waals surface area contributed by atoms with Crippen molar-refractivity contribution in [3.63, 3.8) is 0 Å². The Morgan fingerprint density at radius 1 is 1.29 bits per heavy atom. The van der Waals surface area contributed by atoms with E-state index in [1.165, 1.54) is 5.56 Å². The summed E-state index contributed by atoms with van der Waals surface area (Å²) in [7, 11) is 1.65. The smallest absolute Gasteiger partial charge is 0.251 e. The van der Waals surface area contributed by atoms with Gasteiger partial charge in [0.05, 0.1) is 0 Å². The van der Waals surface area contributed by atoms with Crippen molar-refractivity contribution in [2.45, 2.75) is 12.6 Å². The van der Waals surface area contributed by atoms with E-state index < -0.39 is 0 Å². The van der Waals surface area contributed by atoms with Crippen LogP contribution in [0.5, 0.6) is 0 Å². The van der Waals surface area contributed by atoms with Gasteiger partial charge in [-0.2, -0.15) is 0 Å². The first-order valence-corrected chi connectivity index (χ1v) is 8.56. The van der Waals surface area contributed by atoms with Crippen molar-refractivity contribution in [3.8, 4) is 0 Å². The first-order valence-electron chi connectivity index (χ1n) is 8.18. The topological polar surface area (TPSA) is 44.4 Å². The minimum Gasteiger partial charge on any atom is -0.355 e. The zero-order valence-electron chi connectivity index (χ0n) is 13.8. The molecule has 24 heavy (non-hydrogen) atoms. The Hall–Kier alpha value is -1.88.